The zero-order valence-corrected chi connectivity index (χ0v) is 24.3. The van der Waals surface area contributed by atoms with Crippen LogP contribution in [0.15, 0.2) is 36.7 Å². The Morgan fingerprint density at radius 3 is 2.76 bits per heavy atom. The van der Waals surface area contributed by atoms with Gasteiger partial charge >= 0.3 is 0 Å². The van der Waals surface area contributed by atoms with E-state index in [0.29, 0.717) is 66.5 Å². The van der Waals surface area contributed by atoms with E-state index in [1.807, 2.05) is 0 Å². The Morgan fingerprint density at radius 1 is 1.19 bits per heavy atom. The average molecular weight is 621 g/mol. The Morgan fingerprint density at radius 2 is 2.00 bits per heavy atom. The topological polar surface area (TPSA) is 109 Å². The predicted octanol–water partition coefficient (Wildman–Crippen LogP) is 4.42. The first-order chi connectivity index (χ1) is 20.3. The number of amides is 2. The van der Waals surface area contributed by atoms with Crippen LogP contribution in [-0.4, -0.2) is 89.1 Å². The fraction of sp³-hybridized carbons (Fsp3) is 0.429. The molecule has 2 amide bonds. The Balaban J connectivity index is 1.41. The molecule has 0 unspecified atom stereocenters. The van der Waals surface area contributed by atoms with Crippen LogP contribution in [0.1, 0.15) is 19.3 Å². The number of aromatic nitrogens is 2. The predicted molar refractivity (Wildman–Crippen MR) is 159 cm³/mol. The standard InChI is InChI=1S/C28H31ClF2N6O4S/c29-19-13-17(4-5-20(19)30)34-26-18-14-22(35-27(38)23-3-1-7-37(23)28(39)25(31)42)24(15-21(18)32-16-33-26)41-10-2-6-36-8-11-40-12-9-36/h4-5,13-16,23,25,42H,1-3,6-12H2,(H,35,38)(H,32,33,34)/t23-,25-/m1/s1. The van der Waals surface area contributed by atoms with Crippen molar-refractivity contribution in [1.29, 1.82) is 0 Å². The number of morpholine rings is 1. The number of hydrogen-bond donors (Lipinski definition) is 3. The third-order valence-corrected chi connectivity index (χ3v) is 7.71. The summed E-state index contributed by atoms with van der Waals surface area (Å²) in [5.41, 5.74) is -0.621. The number of nitrogens with one attached hydrogen (secondary N) is 2. The van der Waals surface area contributed by atoms with Gasteiger partial charge in [-0.05, 0) is 43.5 Å². The molecular formula is C28H31ClF2N6O4S. The molecule has 3 aromatic rings. The van der Waals surface area contributed by atoms with Crippen molar-refractivity contribution in [3.05, 3.63) is 47.5 Å². The number of thiol groups is 1. The molecule has 3 heterocycles. The number of nitrogens with zero attached hydrogens (tertiary/aromatic N) is 4. The minimum Gasteiger partial charge on any atom is -0.491 e. The maximum Gasteiger partial charge on any atom is 0.268 e. The van der Waals surface area contributed by atoms with Gasteiger partial charge in [-0.1, -0.05) is 11.6 Å². The molecule has 2 aliphatic heterocycles. The normalized spacial score (nSPS) is 18.2. The van der Waals surface area contributed by atoms with Gasteiger partial charge in [0.2, 0.25) is 11.4 Å². The molecule has 1 aromatic heterocycles. The fourth-order valence-electron chi connectivity index (χ4n) is 5.06. The summed E-state index contributed by atoms with van der Waals surface area (Å²) < 4.78 is 38.9. The molecule has 2 atom stereocenters. The van der Waals surface area contributed by atoms with Crippen LogP contribution < -0.4 is 15.4 Å². The smallest absolute Gasteiger partial charge is 0.268 e. The van der Waals surface area contributed by atoms with Crippen LogP contribution in [0.2, 0.25) is 5.02 Å². The lowest BCUT2D eigenvalue weighted by molar-refractivity contribution is -0.138. The van der Waals surface area contributed by atoms with Gasteiger partial charge in [0.15, 0.2) is 0 Å². The van der Waals surface area contributed by atoms with E-state index in [0.717, 1.165) is 26.1 Å². The largest absolute Gasteiger partial charge is 0.491 e. The first-order valence-corrected chi connectivity index (χ1v) is 14.6. The van der Waals surface area contributed by atoms with Crippen molar-refractivity contribution in [2.75, 3.05) is 56.6 Å². The minimum atomic E-state index is -2.00. The summed E-state index contributed by atoms with van der Waals surface area (Å²) in [6, 6.07) is 6.73. The van der Waals surface area contributed by atoms with Crippen LogP contribution in [-0.2, 0) is 14.3 Å². The second-order valence-electron chi connectivity index (χ2n) is 10.0. The lowest BCUT2D eigenvalue weighted by atomic mass is 10.1. The quantitative estimate of drug-likeness (QED) is 0.226. The van der Waals surface area contributed by atoms with Crippen molar-refractivity contribution in [3.63, 3.8) is 0 Å². The maximum atomic E-state index is 13.7. The number of carbonyl (C=O) groups is 2. The van der Waals surface area contributed by atoms with Crippen LogP contribution in [0.5, 0.6) is 5.75 Å². The molecule has 2 saturated heterocycles. The molecule has 0 bridgehead atoms. The third-order valence-electron chi connectivity index (χ3n) is 7.20. The highest BCUT2D eigenvalue weighted by molar-refractivity contribution is 7.81. The zero-order chi connectivity index (χ0) is 29.6. The molecule has 2 fully saturated rings. The maximum absolute atomic E-state index is 13.7. The average Bonchev–Trinajstić information content (AvgIpc) is 3.48. The Hall–Kier alpha value is -3.26. The van der Waals surface area contributed by atoms with E-state index in [-0.39, 0.29) is 11.6 Å². The first-order valence-electron chi connectivity index (χ1n) is 13.7. The highest BCUT2D eigenvalue weighted by atomic mass is 35.5. The number of alkyl halides is 1. The van der Waals surface area contributed by atoms with Crippen LogP contribution in [0, 0.1) is 5.82 Å². The van der Waals surface area contributed by atoms with Crippen LogP contribution in [0.4, 0.5) is 26.0 Å². The van der Waals surface area contributed by atoms with Crippen molar-refractivity contribution in [1.82, 2.24) is 19.8 Å². The minimum absolute atomic E-state index is 0.0496. The van der Waals surface area contributed by atoms with Gasteiger partial charge in [0.05, 0.1) is 36.0 Å². The van der Waals surface area contributed by atoms with Crippen LogP contribution in [0.25, 0.3) is 10.9 Å². The summed E-state index contributed by atoms with van der Waals surface area (Å²) in [5.74, 6) is -1.08. The van der Waals surface area contributed by atoms with Gasteiger partial charge in [-0.25, -0.2) is 18.7 Å². The Bertz CT molecular complexity index is 1450. The zero-order valence-electron chi connectivity index (χ0n) is 22.7. The molecule has 0 spiro atoms. The van der Waals surface area contributed by atoms with Gasteiger partial charge in [-0.3, -0.25) is 14.5 Å². The van der Waals surface area contributed by atoms with Gasteiger partial charge < -0.3 is 25.0 Å². The summed E-state index contributed by atoms with van der Waals surface area (Å²) in [5, 5.41) is 6.50. The number of anilines is 3. The molecule has 2 aliphatic rings. The SMILES string of the molecule is O=C(Nc1cc2c(Nc3ccc(F)c(Cl)c3)ncnc2cc1OCCCN1CCOCC1)[C@H]1CCCN1C(=O)[C@H](F)S. The van der Waals surface area contributed by atoms with Crippen LogP contribution >= 0.6 is 24.2 Å². The molecular weight excluding hydrogens is 590 g/mol. The van der Waals surface area contributed by atoms with Crippen molar-refractivity contribution in [2.24, 2.45) is 0 Å². The summed E-state index contributed by atoms with van der Waals surface area (Å²) >= 11 is 9.56. The van der Waals surface area contributed by atoms with Crippen molar-refractivity contribution in [2.45, 2.75) is 30.8 Å². The summed E-state index contributed by atoms with van der Waals surface area (Å²) in [7, 11) is 0. The highest BCUT2D eigenvalue weighted by Gasteiger charge is 2.36. The lowest BCUT2D eigenvalue weighted by Gasteiger charge is -2.26. The number of rotatable bonds is 10. The first kappa shape index (κ1) is 30.2. The van der Waals surface area contributed by atoms with Gasteiger partial charge in [-0.2, -0.15) is 0 Å². The Kier molecular flexibility index (Phi) is 9.93. The second-order valence-corrected chi connectivity index (χ2v) is 10.9. The molecule has 2 aromatic carbocycles. The third kappa shape index (κ3) is 7.20. The Labute approximate surface area is 252 Å². The van der Waals surface area contributed by atoms with E-state index < -0.39 is 29.2 Å². The molecule has 0 aliphatic carbocycles. The highest BCUT2D eigenvalue weighted by Crippen LogP contribution is 2.35. The number of ether oxygens (including phenoxy) is 2. The number of carbonyl (C=O) groups excluding carboxylic acids is 2. The van der Waals surface area contributed by atoms with Crippen molar-refractivity contribution >= 4 is 64.1 Å². The molecule has 42 heavy (non-hydrogen) atoms. The van der Waals surface area contributed by atoms with E-state index >= 15 is 0 Å². The van der Waals surface area contributed by atoms with E-state index in [4.69, 9.17) is 21.1 Å². The molecule has 224 valence electrons. The molecule has 2 N–H and O–H groups in total. The van der Waals surface area contributed by atoms with E-state index in [1.165, 1.54) is 29.4 Å². The molecule has 14 heteroatoms. The van der Waals surface area contributed by atoms with E-state index in [2.05, 4.69) is 38.1 Å². The van der Waals surface area contributed by atoms with Gasteiger partial charge in [0, 0.05) is 43.3 Å². The number of likely N-dealkylation sites (tertiary alicyclic amines) is 1. The van der Waals surface area contributed by atoms with Crippen molar-refractivity contribution < 1.29 is 27.8 Å². The lowest BCUT2D eigenvalue weighted by Crippen LogP contribution is -2.45. The molecule has 0 radical (unpaired) electrons. The number of halogens is 3. The van der Waals surface area contributed by atoms with Gasteiger partial charge in [-0.15, -0.1) is 12.6 Å². The number of fused-ring (bicyclic) bond motifs is 1. The molecule has 10 nitrogen and oxygen atoms in total. The van der Waals surface area contributed by atoms with Crippen LogP contribution in [0.3, 0.4) is 0 Å². The molecule has 5 rings (SSSR count). The summed E-state index contributed by atoms with van der Waals surface area (Å²) in [6.07, 6.45) is 3.08. The van der Waals surface area contributed by atoms with Gasteiger partial charge in [0.25, 0.3) is 5.91 Å². The van der Waals surface area contributed by atoms with Gasteiger partial charge in [0.1, 0.15) is 29.8 Å². The van der Waals surface area contributed by atoms with Crippen molar-refractivity contribution in [3.8, 4) is 5.75 Å². The summed E-state index contributed by atoms with van der Waals surface area (Å²) in [6.45, 7) is 4.63. The second kappa shape index (κ2) is 13.8. The number of benzene rings is 2. The molecule has 0 saturated carbocycles. The van der Waals surface area contributed by atoms with E-state index in [9.17, 15) is 18.4 Å². The monoisotopic (exact) mass is 620 g/mol. The summed E-state index contributed by atoms with van der Waals surface area (Å²) in [4.78, 5) is 37.9. The number of hydrogen-bond acceptors (Lipinski definition) is 9. The van der Waals surface area contributed by atoms with E-state index in [1.54, 1.807) is 12.1 Å². The fourth-order valence-corrected chi connectivity index (χ4v) is 5.39.